The number of hydrogen-bond donors (Lipinski definition) is 3. The Hall–Kier alpha value is -1.66. The van der Waals surface area contributed by atoms with Crippen molar-refractivity contribution in [2.75, 3.05) is 39.6 Å². The summed E-state index contributed by atoms with van der Waals surface area (Å²) < 4.78 is 5.77. The molecule has 1 aliphatic heterocycles. The SMILES string of the molecule is CN=C(NCCc1c[nH]c2cccc(C)c12)NCC1(SC)CCOCC1. The van der Waals surface area contributed by atoms with Crippen molar-refractivity contribution in [3.8, 4) is 0 Å². The van der Waals surface area contributed by atoms with Gasteiger partial charge < -0.3 is 20.4 Å². The van der Waals surface area contributed by atoms with Gasteiger partial charge in [-0.3, -0.25) is 4.99 Å². The third kappa shape index (κ3) is 4.35. The first-order chi connectivity index (χ1) is 12.7. The number of aryl methyl sites for hydroxylation is 1. The number of aromatic amines is 1. The van der Waals surface area contributed by atoms with E-state index in [0.29, 0.717) is 0 Å². The summed E-state index contributed by atoms with van der Waals surface area (Å²) in [4.78, 5) is 7.76. The zero-order valence-corrected chi connectivity index (χ0v) is 16.8. The van der Waals surface area contributed by atoms with Crippen LogP contribution in [0.3, 0.4) is 0 Å². The Balaban J connectivity index is 1.52. The summed E-state index contributed by atoms with van der Waals surface area (Å²) in [5, 5.41) is 8.32. The number of thioether (sulfide) groups is 1. The second-order valence-corrected chi connectivity index (χ2v) is 8.19. The molecule has 1 saturated heterocycles. The molecule has 6 heteroatoms. The van der Waals surface area contributed by atoms with E-state index in [9.17, 15) is 0 Å². The average molecular weight is 375 g/mol. The number of fused-ring (bicyclic) bond motifs is 1. The van der Waals surface area contributed by atoms with Gasteiger partial charge in [-0.1, -0.05) is 12.1 Å². The molecule has 1 aromatic heterocycles. The van der Waals surface area contributed by atoms with Crippen LogP contribution in [0.2, 0.25) is 0 Å². The fraction of sp³-hybridized carbons (Fsp3) is 0.550. The van der Waals surface area contributed by atoms with E-state index in [1.165, 1.54) is 22.0 Å². The number of H-pyrrole nitrogens is 1. The molecule has 0 amide bonds. The minimum atomic E-state index is 0.254. The first kappa shape index (κ1) is 19.1. The van der Waals surface area contributed by atoms with Gasteiger partial charge >= 0.3 is 0 Å². The van der Waals surface area contributed by atoms with E-state index in [-0.39, 0.29) is 4.75 Å². The lowest BCUT2D eigenvalue weighted by Gasteiger charge is -2.36. The van der Waals surface area contributed by atoms with Crippen molar-refractivity contribution in [2.24, 2.45) is 4.99 Å². The van der Waals surface area contributed by atoms with Crippen LogP contribution in [0.25, 0.3) is 10.9 Å². The highest BCUT2D eigenvalue weighted by Crippen LogP contribution is 2.32. The number of ether oxygens (including phenoxy) is 1. The molecule has 3 N–H and O–H groups in total. The van der Waals surface area contributed by atoms with E-state index in [0.717, 1.165) is 51.5 Å². The van der Waals surface area contributed by atoms with Crippen molar-refractivity contribution >= 4 is 28.6 Å². The highest BCUT2D eigenvalue weighted by atomic mass is 32.2. The number of hydrogen-bond acceptors (Lipinski definition) is 3. The molecule has 1 aliphatic rings. The Morgan fingerprint density at radius 2 is 2.12 bits per heavy atom. The Morgan fingerprint density at radius 3 is 2.85 bits per heavy atom. The van der Waals surface area contributed by atoms with Gasteiger partial charge in [0.1, 0.15) is 0 Å². The van der Waals surface area contributed by atoms with Gasteiger partial charge in [-0.15, -0.1) is 0 Å². The molecule has 1 fully saturated rings. The lowest BCUT2D eigenvalue weighted by atomic mass is 9.99. The molecule has 26 heavy (non-hydrogen) atoms. The number of aliphatic imine (C=N–C) groups is 1. The predicted octanol–water partition coefficient (Wildman–Crippen LogP) is 3.10. The van der Waals surface area contributed by atoms with Crippen LogP contribution in [-0.4, -0.2) is 55.3 Å². The van der Waals surface area contributed by atoms with E-state index in [2.05, 4.69) is 58.2 Å². The molecule has 0 spiro atoms. The number of benzene rings is 1. The van der Waals surface area contributed by atoms with Crippen molar-refractivity contribution in [3.05, 3.63) is 35.5 Å². The summed E-state index contributed by atoms with van der Waals surface area (Å²) in [6.45, 7) is 5.66. The van der Waals surface area contributed by atoms with Gasteiger partial charge in [-0.2, -0.15) is 11.8 Å². The van der Waals surface area contributed by atoms with Crippen LogP contribution in [0.5, 0.6) is 0 Å². The first-order valence-electron chi connectivity index (χ1n) is 9.30. The zero-order valence-electron chi connectivity index (χ0n) is 16.0. The molecule has 2 aromatic rings. The fourth-order valence-electron chi connectivity index (χ4n) is 3.63. The Morgan fingerprint density at radius 1 is 1.31 bits per heavy atom. The molecule has 0 bridgehead atoms. The lowest BCUT2D eigenvalue weighted by Crippen LogP contribution is -2.48. The fourth-order valence-corrected chi connectivity index (χ4v) is 4.42. The van der Waals surface area contributed by atoms with Crippen molar-refractivity contribution in [1.82, 2.24) is 15.6 Å². The van der Waals surface area contributed by atoms with Crippen molar-refractivity contribution in [2.45, 2.75) is 30.9 Å². The summed E-state index contributed by atoms with van der Waals surface area (Å²) in [6.07, 6.45) is 7.47. The highest BCUT2D eigenvalue weighted by Gasteiger charge is 2.31. The van der Waals surface area contributed by atoms with Gasteiger partial charge in [0.25, 0.3) is 0 Å². The largest absolute Gasteiger partial charge is 0.381 e. The second-order valence-electron chi connectivity index (χ2n) is 6.91. The summed E-state index contributed by atoms with van der Waals surface area (Å²) in [5.74, 6) is 0.876. The number of aromatic nitrogens is 1. The van der Waals surface area contributed by atoms with Crippen molar-refractivity contribution < 1.29 is 4.74 Å². The number of rotatable bonds is 6. The van der Waals surface area contributed by atoms with Gasteiger partial charge in [0.15, 0.2) is 5.96 Å². The molecule has 142 valence electrons. The van der Waals surface area contributed by atoms with E-state index < -0.39 is 0 Å². The van der Waals surface area contributed by atoms with Crippen molar-refractivity contribution in [3.63, 3.8) is 0 Å². The normalized spacial score (nSPS) is 17.4. The quantitative estimate of drug-likeness (QED) is 0.537. The maximum Gasteiger partial charge on any atom is 0.191 e. The molecular weight excluding hydrogens is 344 g/mol. The van der Waals surface area contributed by atoms with E-state index in [1.807, 2.05) is 18.8 Å². The maximum atomic E-state index is 5.52. The number of nitrogens with zero attached hydrogens (tertiary/aromatic N) is 1. The second kappa shape index (κ2) is 8.82. The van der Waals surface area contributed by atoms with Crippen LogP contribution in [0.4, 0.5) is 0 Å². The Kier molecular flexibility index (Phi) is 6.48. The van der Waals surface area contributed by atoms with Crippen LogP contribution >= 0.6 is 11.8 Å². The van der Waals surface area contributed by atoms with Crippen LogP contribution in [0.1, 0.15) is 24.0 Å². The molecule has 0 atom stereocenters. The minimum absolute atomic E-state index is 0.254. The van der Waals surface area contributed by atoms with Gasteiger partial charge in [0.2, 0.25) is 0 Å². The summed E-state index contributed by atoms with van der Waals surface area (Å²) in [6, 6.07) is 6.40. The van der Waals surface area contributed by atoms with Crippen LogP contribution < -0.4 is 10.6 Å². The molecule has 0 aliphatic carbocycles. The summed E-state index contributed by atoms with van der Waals surface area (Å²) >= 11 is 1.94. The molecule has 2 heterocycles. The van der Waals surface area contributed by atoms with Crippen molar-refractivity contribution in [1.29, 1.82) is 0 Å². The van der Waals surface area contributed by atoms with Gasteiger partial charge in [0, 0.05) is 55.2 Å². The van der Waals surface area contributed by atoms with Gasteiger partial charge in [0.05, 0.1) is 0 Å². The molecule has 1 aromatic carbocycles. The average Bonchev–Trinajstić information content (AvgIpc) is 3.09. The third-order valence-electron chi connectivity index (χ3n) is 5.32. The molecule has 0 unspecified atom stereocenters. The smallest absolute Gasteiger partial charge is 0.191 e. The summed E-state index contributed by atoms with van der Waals surface area (Å²) in [7, 11) is 1.83. The maximum absolute atomic E-state index is 5.52. The molecule has 3 rings (SSSR count). The first-order valence-corrected chi connectivity index (χ1v) is 10.5. The van der Waals surface area contributed by atoms with Crippen LogP contribution in [-0.2, 0) is 11.2 Å². The summed E-state index contributed by atoms with van der Waals surface area (Å²) in [5.41, 5.74) is 3.89. The topological polar surface area (TPSA) is 61.4 Å². The van der Waals surface area contributed by atoms with Gasteiger partial charge in [-0.05, 0) is 49.6 Å². The molecule has 5 nitrogen and oxygen atoms in total. The minimum Gasteiger partial charge on any atom is -0.381 e. The lowest BCUT2D eigenvalue weighted by molar-refractivity contribution is 0.0783. The van der Waals surface area contributed by atoms with E-state index in [4.69, 9.17) is 4.74 Å². The predicted molar refractivity (Wildman–Crippen MR) is 112 cm³/mol. The van der Waals surface area contributed by atoms with Crippen LogP contribution in [0, 0.1) is 6.92 Å². The third-order valence-corrected chi connectivity index (χ3v) is 6.74. The Bertz CT molecular complexity index is 749. The van der Waals surface area contributed by atoms with Gasteiger partial charge in [-0.25, -0.2) is 0 Å². The van der Waals surface area contributed by atoms with E-state index >= 15 is 0 Å². The monoisotopic (exact) mass is 374 g/mol. The number of guanidine groups is 1. The standard InChI is InChI=1S/C20H30N4OS/c1-15-5-4-6-17-18(15)16(13-23-17)7-10-22-19(21-2)24-14-20(26-3)8-11-25-12-9-20/h4-6,13,23H,7-12,14H2,1-3H3,(H2,21,22,24). The highest BCUT2D eigenvalue weighted by molar-refractivity contribution is 8.00. The Labute approximate surface area is 160 Å². The molecular formula is C20H30N4OS. The number of nitrogens with one attached hydrogen (secondary N) is 3. The molecule has 0 saturated carbocycles. The molecule has 0 radical (unpaired) electrons. The van der Waals surface area contributed by atoms with Crippen LogP contribution in [0.15, 0.2) is 29.4 Å². The van der Waals surface area contributed by atoms with E-state index in [1.54, 1.807) is 0 Å². The zero-order chi connectivity index (χ0) is 18.4.